The van der Waals surface area contributed by atoms with E-state index in [4.69, 9.17) is 9.47 Å². The number of benzene rings is 2. The van der Waals surface area contributed by atoms with Crippen molar-refractivity contribution in [3.8, 4) is 11.5 Å². The molecule has 1 saturated heterocycles. The van der Waals surface area contributed by atoms with Crippen molar-refractivity contribution < 1.29 is 18.7 Å². The van der Waals surface area contributed by atoms with Gasteiger partial charge in [-0.25, -0.2) is 4.39 Å². The van der Waals surface area contributed by atoms with Gasteiger partial charge in [-0.05, 0) is 29.8 Å². The highest BCUT2D eigenvalue weighted by atomic mass is 19.1. The van der Waals surface area contributed by atoms with E-state index in [1.165, 1.54) is 12.1 Å². The van der Waals surface area contributed by atoms with Crippen LogP contribution in [0.2, 0.25) is 0 Å². The quantitative estimate of drug-likeness (QED) is 0.926. The maximum absolute atomic E-state index is 13.6. The van der Waals surface area contributed by atoms with Crippen LogP contribution in [0.15, 0.2) is 42.5 Å². The number of amides is 1. The lowest BCUT2D eigenvalue weighted by atomic mass is 10.0. The molecular formula is C19H21FN2O3. The van der Waals surface area contributed by atoms with E-state index < -0.39 is 0 Å². The third kappa shape index (κ3) is 3.74. The van der Waals surface area contributed by atoms with Crippen molar-refractivity contribution >= 4 is 5.91 Å². The fraction of sp³-hybridized carbons (Fsp3) is 0.316. The first kappa shape index (κ1) is 17.2. The maximum Gasteiger partial charge on any atom is 0.254 e. The summed E-state index contributed by atoms with van der Waals surface area (Å²) in [5.74, 6) is 0.673. The van der Waals surface area contributed by atoms with Gasteiger partial charge < -0.3 is 19.7 Å². The average Bonchev–Trinajstić information content (AvgIpc) is 2.67. The second-order valence-corrected chi connectivity index (χ2v) is 5.87. The molecule has 6 heteroatoms. The van der Waals surface area contributed by atoms with Gasteiger partial charge in [-0.2, -0.15) is 0 Å². The molecule has 0 radical (unpaired) electrons. The Bertz CT molecular complexity index is 744. The number of rotatable bonds is 4. The summed E-state index contributed by atoms with van der Waals surface area (Å²) in [6.45, 7) is 1.81. The van der Waals surface area contributed by atoms with Crippen LogP contribution in [0.4, 0.5) is 4.39 Å². The Morgan fingerprint density at radius 1 is 1.16 bits per heavy atom. The highest BCUT2D eigenvalue weighted by Crippen LogP contribution is 2.28. The summed E-state index contributed by atoms with van der Waals surface area (Å²) < 4.78 is 24.1. The van der Waals surface area contributed by atoms with Gasteiger partial charge >= 0.3 is 0 Å². The molecule has 1 heterocycles. The predicted molar refractivity (Wildman–Crippen MR) is 92.6 cm³/mol. The number of carbonyl (C=O) groups is 1. The van der Waals surface area contributed by atoms with Gasteiger partial charge in [-0.15, -0.1) is 0 Å². The van der Waals surface area contributed by atoms with Gasteiger partial charge in [0.1, 0.15) is 17.3 Å². The number of halogens is 1. The fourth-order valence-electron chi connectivity index (χ4n) is 3.06. The zero-order chi connectivity index (χ0) is 17.8. The van der Waals surface area contributed by atoms with Crippen molar-refractivity contribution in [2.45, 2.75) is 6.04 Å². The van der Waals surface area contributed by atoms with Crippen LogP contribution in [0.3, 0.4) is 0 Å². The van der Waals surface area contributed by atoms with Crippen LogP contribution in [-0.2, 0) is 0 Å². The number of carbonyl (C=O) groups excluding carboxylic acids is 1. The smallest absolute Gasteiger partial charge is 0.254 e. The summed E-state index contributed by atoms with van der Waals surface area (Å²) >= 11 is 0. The van der Waals surface area contributed by atoms with E-state index in [9.17, 15) is 9.18 Å². The van der Waals surface area contributed by atoms with E-state index in [-0.39, 0.29) is 17.8 Å². The molecule has 1 aliphatic rings. The van der Waals surface area contributed by atoms with Gasteiger partial charge in [0.2, 0.25) is 0 Å². The van der Waals surface area contributed by atoms with Crippen LogP contribution in [0.1, 0.15) is 22.0 Å². The van der Waals surface area contributed by atoms with E-state index >= 15 is 0 Å². The maximum atomic E-state index is 13.6. The van der Waals surface area contributed by atoms with Gasteiger partial charge in [0.05, 0.1) is 20.3 Å². The van der Waals surface area contributed by atoms with Crippen molar-refractivity contribution in [1.82, 2.24) is 10.2 Å². The first-order chi connectivity index (χ1) is 12.1. The number of ether oxygens (including phenoxy) is 2. The van der Waals surface area contributed by atoms with Crippen LogP contribution in [-0.4, -0.2) is 44.7 Å². The Morgan fingerprint density at radius 3 is 2.52 bits per heavy atom. The number of piperazine rings is 1. The molecule has 1 fully saturated rings. The van der Waals surface area contributed by atoms with E-state index in [2.05, 4.69) is 5.32 Å². The molecule has 1 N–H and O–H groups in total. The minimum absolute atomic E-state index is 0.132. The molecule has 0 spiro atoms. The van der Waals surface area contributed by atoms with E-state index in [0.29, 0.717) is 36.7 Å². The van der Waals surface area contributed by atoms with Crippen molar-refractivity contribution in [1.29, 1.82) is 0 Å². The minimum atomic E-state index is -0.307. The number of methoxy groups -OCH3 is 2. The van der Waals surface area contributed by atoms with Gasteiger partial charge in [0.15, 0.2) is 0 Å². The molecule has 1 unspecified atom stereocenters. The van der Waals surface area contributed by atoms with Gasteiger partial charge in [0, 0.05) is 31.3 Å². The fourth-order valence-corrected chi connectivity index (χ4v) is 3.06. The highest BCUT2D eigenvalue weighted by Gasteiger charge is 2.29. The van der Waals surface area contributed by atoms with Crippen LogP contribution in [0, 0.1) is 5.82 Å². The lowest BCUT2D eigenvalue weighted by Crippen LogP contribution is -2.48. The molecule has 2 aromatic rings. The molecule has 1 atom stereocenters. The summed E-state index contributed by atoms with van der Waals surface area (Å²) in [5, 5.41) is 3.27. The van der Waals surface area contributed by atoms with Gasteiger partial charge in [-0.1, -0.05) is 12.1 Å². The summed E-state index contributed by atoms with van der Waals surface area (Å²) in [6.07, 6.45) is 0. The number of hydrogen-bond acceptors (Lipinski definition) is 4. The van der Waals surface area contributed by atoms with Gasteiger partial charge in [-0.3, -0.25) is 4.79 Å². The molecule has 132 valence electrons. The standard InChI is InChI=1S/C19H21FN2O3/c1-24-16-9-14(10-17(11-16)25-2)19(23)22-7-6-21-12-18(22)13-4-3-5-15(20)8-13/h3-5,8-11,18,21H,6-7,12H2,1-2H3. The van der Waals surface area contributed by atoms with Crippen LogP contribution in [0.5, 0.6) is 11.5 Å². The lowest BCUT2D eigenvalue weighted by Gasteiger charge is -2.36. The van der Waals surface area contributed by atoms with Crippen molar-refractivity contribution in [3.63, 3.8) is 0 Å². The lowest BCUT2D eigenvalue weighted by molar-refractivity contribution is 0.0633. The number of nitrogens with one attached hydrogen (secondary N) is 1. The zero-order valence-corrected chi connectivity index (χ0v) is 14.3. The minimum Gasteiger partial charge on any atom is -0.497 e. The van der Waals surface area contributed by atoms with Crippen LogP contribution >= 0.6 is 0 Å². The number of nitrogens with zero attached hydrogens (tertiary/aromatic N) is 1. The molecule has 5 nitrogen and oxygen atoms in total. The third-order valence-corrected chi connectivity index (χ3v) is 4.34. The summed E-state index contributed by atoms with van der Waals surface area (Å²) in [4.78, 5) is 14.9. The third-order valence-electron chi connectivity index (χ3n) is 4.34. The Labute approximate surface area is 146 Å². The Kier molecular flexibility index (Phi) is 5.19. The topological polar surface area (TPSA) is 50.8 Å². The molecule has 25 heavy (non-hydrogen) atoms. The average molecular weight is 344 g/mol. The van der Waals surface area contributed by atoms with Crippen LogP contribution < -0.4 is 14.8 Å². The molecule has 0 aliphatic carbocycles. The van der Waals surface area contributed by atoms with Crippen molar-refractivity contribution in [3.05, 3.63) is 59.4 Å². The predicted octanol–water partition coefficient (Wildman–Crippen LogP) is 2.63. The summed E-state index contributed by atoms with van der Waals surface area (Å²) in [6, 6.07) is 11.3. The van der Waals surface area contributed by atoms with Gasteiger partial charge in [0.25, 0.3) is 5.91 Å². The Morgan fingerprint density at radius 2 is 1.88 bits per heavy atom. The number of hydrogen-bond donors (Lipinski definition) is 1. The summed E-state index contributed by atoms with van der Waals surface area (Å²) in [7, 11) is 3.09. The molecule has 0 aromatic heterocycles. The Balaban J connectivity index is 1.93. The Hall–Kier alpha value is -2.60. The second kappa shape index (κ2) is 7.53. The molecule has 0 saturated carbocycles. The molecule has 2 aromatic carbocycles. The van der Waals surface area contributed by atoms with E-state index in [1.807, 2.05) is 6.07 Å². The summed E-state index contributed by atoms with van der Waals surface area (Å²) in [5.41, 5.74) is 1.26. The zero-order valence-electron chi connectivity index (χ0n) is 14.3. The first-order valence-electron chi connectivity index (χ1n) is 8.12. The normalized spacial score (nSPS) is 17.2. The molecule has 3 rings (SSSR count). The van der Waals surface area contributed by atoms with Crippen LogP contribution in [0.25, 0.3) is 0 Å². The molecule has 1 aliphatic heterocycles. The first-order valence-corrected chi connectivity index (χ1v) is 8.12. The molecular weight excluding hydrogens is 323 g/mol. The SMILES string of the molecule is COc1cc(OC)cc(C(=O)N2CCNCC2c2cccc(F)c2)c1. The highest BCUT2D eigenvalue weighted by molar-refractivity contribution is 5.95. The van der Waals surface area contributed by atoms with Crippen molar-refractivity contribution in [2.24, 2.45) is 0 Å². The monoisotopic (exact) mass is 344 g/mol. The second-order valence-electron chi connectivity index (χ2n) is 5.87. The van der Waals surface area contributed by atoms with E-state index in [0.717, 1.165) is 5.56 Å². The van der Waals surface area contributed by atoms with E-state index in [1.54, 1.807) is 43.4 Å². The largest absolute Gasteiger partial charge is 0.497 e. The molecule has 0 bridgehead atoms. The molecule has 1 amide bonds. The van der Waals surface area contributed by atoms with Crippen molar-refractivity contribution in [2.75, 3.05) is 33.9 Å².